The van der Waals surface area contributed by atoms with Gasteiger partial charge < -0.3 is 14.3 Å². The zero-order valence-corrected chi connectivity index (χ0v) is 16.4. The molecule has 27 heavy (non-hydrogen) atoms. The number of likely N-dealkylation sites (tertiary alicyclic amines) is 1. The van der Waals surface area contributed by atoms with E-state index in [0.717, 1.165) is 17.7 Å². The minimum Gasteiger partial charge on any atom is -0.359 e. The van der Waals surface area contributed by atoms with E-state index in [1.807, 2.05) is 37.3 Å². The molecule has 2 aromatic rings. The van der Waals surface area contributed by atoms with Crippen molar-refractivity contribution in [1.82, 2.24) is 15.0 Å². The summed E-state index contributed by atoms with van der Waals surface area (Å²) in [4.78, 5) is 28.5. The smallest absolute Gasteiger partial charge is 0.227 e. The summed E-state index contributed by atoms with van der Waals surface area (Å²) in [6, 6.07) is 9.45. The highest BCUT2D eigenvalue weighted by atomic mass is 35.5. The lowest BCUT2D eigenvalue weighted by Gasteiger charge is -2.33. The molecule has 1 fully saturated rings. The third-order valence-corrected chi connectivity index (χ3v) is 5.13. The monoisotopic (exact) mass is 389 g/mol. The maximum absolute atomic E-state index is 12.8. The average molecular weight is 390 g/mol. The van der Waals surface area contributed by atoms with Gasteiger partial charge in [-0.15, -0.1) is 0 Å². The molecule has 2 amide bonds. The van der Waals surface area contributed by atoms with E-state index in [0.29, 0.717) is 43.3 Å². The third kappa shape index (κ3) is 5.10. The SMILES string of the molecule is Cc1cc(CN(C)C(=O)[C@H]2CCC(=O)N(CCc3ccc(Cl)cc3)C2)on1. The zero-order chi connectivity index (χ0) is 19.4. The van der Waals surface area contributed by atoms with E-state index in [9.17, 15) is 9.59 Å². The minimum atomic E-state index is -0.179. The average Bonchev–Trinajstić information content (AvgIpc) is 3.06. The molecule has 1 atom stereocenters. The lowest BCUT2D eigenvalue weighted by atomic mass is 9.95. The fraction of sp³-hybridized carbons (Fsp3) is 0.450. The lowest BCUT2D eigenvalue weighted by Crippen LogP contribution is -2.46. The number of rotatable bonds is 6. The number of hydrogen-bond acceptors (Lipinski definition) is 4. The predicted octanol–water partition coefficient (Wildman–Crippen LogP) is 3.08. The van der Waals surface area contributed by atoms with Crippen LogP contribution >= 0.6 is 11.6 Å². The summed E-state index contributed by atoms with van der Waals surface area (Å²) < 4.78 is 5.19. The molecule has 0 bridgehead atoms. The number of aryl methyl sites for hydroxylation is 1. The second kappa shape index (κ2) is 8.57. The van der Waals surface area contributed by atoms with Gasteiger partial charge in [0.25, 0.3) is 0 Å². The standard InChI is InChI=1S/C20H24ClN3O3/c1-14-11-18(27-22-14)13-23(2)20(26)16-5-8-19(25)24(12-16)10-9-15-3-6-17(21)7-4-15/h3-4,6-7,11,16H,5,8-10,12-13H2,1-2H3/t16-/m0/s1. The summed E-state index contributed by atoms with van der Waals surface area (Å²) in [5, 5.41) is 4.55. The Morgan fingerprint density at radius 1 is 1.37 bits per heavy atom. The lowest BCUT2D eigenvalue weighted by molar-refractivity contribution is -0.142. The summed E-state index contributed by atoms with van der Waals surface area (Å²) in [6.45, 7) is 3.30. The molecule has 6 nitrogen and oxygen atoms in total. The fourth-order valence-electron chi connectivity index (χ4n) is 3.36. The van der Waals surface area contributed by atoms with Gasteiger partial charge in [0.05, 0.1) is 18.2 Å². The quantitative estimate of drug-likeness (QED) is 0.761. The van der Waals surface area contributed by atoms with Crippen molar-refractivity contribution in [3.05, 3.63) is 52.4 Å². The molecule has 1 aromatic heterocycles. The molecule has 1 aromatic carbocycles. The van der Waals surface area contributed by atoms with E-state index >= 15 is 0 Å². The Bertz CT molecular complexity index is 803. The summed E-state index contributed by atoms with van der Waals surface area (Å²) in [7, 11) is 1.76. The fourth-order valence-corrected chi connectivity index (χ4v) is 3.49. The van der Waals surface area contributed by atoms with Gasteiger partial charge in [0, 0.05) is 37.6 Å². The molecule has 0 radical (unpaired) electrons. The highest BCUT2D eigenvalue weighted by molar-refractivity contribution is 6.30. The second-order valence-electron chi connectivity index (χ2n) is 7.08. The first kappa shape index (κ1) is 19.4. The highest BCUT2D eigenvalue weighted by Gasteiger charge is 2.31. The summed E-state index contributed by atoms with van der Waals surface area (Å²) in [5.41, 5.74) is 1.92. The molecule has 1 aliphatic rings. The van der Waals surface area contributed by atoms with Crippen molar-refractivity contribution in [2.75, 3.05) is 20.1 Å². The van der Waals surface area contributed by atoms with Crippen LogP contribution < -0.4 is 0 Å². The Hall–Kier alpha value is -2.34. The molecule has 2 heterocycles. The van der Waals surface area contributed by atoms with Gasteiger partial charge in [-0.3, -0.25) is 9.59 Å². The molecule has 0 N–H and O–H groups in total. The van der Waals surface area contributed by atoms with Crippen molar-refractivity contribution in [2.45, 2.75) is 32.7 Å². The normalized spacial score (nSPS) is 17.2. The van der Waals surface area contributed by atoms with Crippen LogP contribution in [-0.2, 0) is 22.6 Å². The number of nitrogens with zero attached hydrogens (tertiary/aromatic N) is 3. The molecule has 0 spiro atoms. The summed E-state index contributed by atoms with van der Waals surface area (Å²) in [5.74, 6) is 0.631. The first-order valence-electron chi connectivity index (χ1n) is 9.12. The molecule has 7 heteroatoms. The van der Waals surface area contributed by atoms with Crippen LogP contribution in [0.15, 0.2) is 34.9 Å². The van der Waals surface area contributed by atoms with Gasteiger partial charge in [0.15, 0.2) is 5.76 Å². The number of carbonyl (C=O) groups is 2. The number of hydrogen-bond donors (Lipinski definition) is 0. The van der Waals surface area contributed by atoms with Crippen molar-refractivity contribution in [1.29, 1.82) is 0 Å². The second-order valence-corrected chi connectivity index (χ2v) is 7.52. The van der Waals surface area contributed by atoms with E-state index < -0.39 is 0 Å². The predicted molar refractivity (Wildman–Crippen MR) is 102 cm³/mol. The van der Waals surface area contributed by atoms with Crippen molar-refractivity contribution in [3.8, 4) is 0 Å². The van der Waals surface area contributed by atoms with Crippen LogP contribution in [0.5, 0.6) is 0 Å². The van der Waals surface area contributed by atoms with Crippen LogP contribution in [0.1, 0.15) is 29.9 Å². The van der Waals surface area contributed by atoms with E-state index in [2.05, 4.69) is 5.16 Å². The number of halogens is 1. The first-order valence-corrected chi connectivity index (χ1v) is 9.49. The topological polar surface area (TPSA) is 66.7 Å². The first-order chi connectivity index (χ1) is 12.9. The van der Waals surface area contributed by atoms with Crippen molar-refractivity contribution in [3.63, 3.8) is 0 Å². The Kier molecular flexibility index (Phi) is 6.16. The van der Waals surface area contributed by atoms with Crippen LogP contribution in [-0.4, -0.2) is 46.9 Å². The van der Waals surface area contributed by atoms with Gasteiger partial charge in [-0.2, -0.15) is 0 Å². The van der Waals surface area contributed by atoms with E-state index in [1.54, 1.807) is 16.8 Å². The minimum absolute atomic E-state index is 0.0352. The molecule has 144 valence electrons. The van der Waals surface area contributed by atoms with E-state index in [-0.39, 0.29) is 17.7 Å². The molecule has 1 aliphatic heterocycles. The maximum atomic E-state index is 12.8. The molecule has 3 rings (SSSR count). The van der Waals surface area contributed by atoms with E-state index in [4.69, 9.17) is 16.1 Å². The third-order valence-electron chi connectivity index (χ3n) is 4.88. The van der Waals surface area contributed by atoms with Crippen molar-refractivity contribution >= 4 is 23.4 Å². The largest absolute Gasteiger partial charge is 0.359 e. The highest BCUT2D eigenvalue weighted by Crippen LogP contribution is 2.21. The summed E-state index contributed by atoms with van der Waals surface area (Å²) in [6.07, 6.45) is 1.75. The van der Waals surface area contributed by atoms with Gasteiger partial charge in [-0.25, -0.2) is 0 Å². The molecule has 0 saturated carbocycles. The Morgan fingerprint density at radius 2 is 2.11 bits per heavy atom. The number of benzene rings is 1. The van der Waals surface area contributed by atoms with E-state index in [1.165, 1.54) is 0 Å². The van der Waals surface area contributed by atoms with Gasteiger partial charge in [0.1, 0.15) is 0 Å². The number of aromatic nitrogens is 1. The van der Waals surface area contributed by atoms with Crippen molar-refractivity contribution in [2.24, 2.45) is 5.92 Å². The van der Waals surface area contributed by atoms with Gasteiger partial charge in [0.2, 0.25) is 11.8 Å². The molecule has 0 unspecified atom stereocenters. The molecular formula is C20H24ClN3O3. The zero-order valence-electron chi connectivity index (χ0n) is 15.7. The molecule has 0 aliphatic carbocycles. The summed E-state index contributed by atoms with van der Waals surface area (Å²) >= 11 is 5.91. The van der Waals surface area contributed by atoms with Crippen LogP contribution in [0.25, 0.3) is 0 Å². The molecule has 1 saturated heterocycles. The van der Waals surface area contributed by atoms with Crippen LogP contribution in [0.4, 0.5) is 0 Å². The number of amides is 2. The number of carbonyl (C=O) groups excluding carboxylic acids is 2. The van der Waals surface area contributed by atoms with Crippen LogP contribution in [0, 0.1) is 12.8 Å². The number of piperidine rings is 1. The Labute approximate surface area is 164 Å². The van der Waals surface area contributed by atoms with Crippen LogP contribution in [0.3, 0.4) is 0 Å². The van der Waals surface area contributed by atoms with Gasteiger partial charge >= 0.3 is 0 Å². The van der Waals surface area contributed by atoms with Crippen LogP contribution in [0.2, 0.25) is 5.02 Å². The maximum Gasteiger partial charge on any atom is 0.227 e. The molecular weight excluding hydrogens is 366 g/mol. The van der Waals surface area contributed by atoms with Gasteiger partial charge in [-0.05, 0) is 37.5 Å². The Balaban J connectivity index is 1.55. The van der Waals surface area contributed by atoms with Crippen molar-refractivity contribution < 1.29 is 14.1 Å². The Morgan fingerprint density at radius 3 is 2.78 bits per heavy atom. The van der Waals surface area contributed by atoms with Gasteiger partial charge in [-0.1, -0.05) is 28.9 Å².